The maximum Gasteiger partial charge on any atom is 0.440 e. The number of ether oxygens (including phenoxy) is 7. The van der Waals surface area contributed by atoms with E-state index in [0.717, 1.165) is 57.7 Å². The van der Waals surface area contributed by atoms with Gasteiger partial charge in [0.25, 0.3) is 5.91 Å². The molecule has 31 heteroatoms. The van der Waals surface area contributed by atoms with Crippen LogP contribution in [0.2, 0.25) is 0 Å². The third-order valence-electron chi connectivity index (χ3n) is 7.13. The minimum absolute atomic E-state index is 0. The van der Waals surface area contributed by atoms with E-state index in [-0.39, 0.29) is 65.4 Å². The van der Waals surface area contributed by atoms with Crippen LogP contribution in [0, 0.1) is 63.8 Å². The first-order valence-corrected chi connectivity index (χ1v) is 23.4. The molecule has 0 bridgehead atoms. The van der Waals surface area contributed by atoms with Gasteiger partial charge in [0.15, 0.2) is 13.3 Å². The number of isocyanates is 2. The van der Waals surface area contributed by atoms with E-state index in [1.165, 1.54) is 37.3 Å². The summed E-state index contributed by atoms with van der Waals surface area (Å²) >= 11 is 0. The van der Waals surface area contributed by atoms with Gasteiger partial charge in [-0.3, -0.25) is 19.2 Å². The van der Waals surface area contributed by atoms with Crippen molar-refractivity contribution < 1.29 is 127 Å². The highest BCUT2D eigenvalue weighted by atomic mass is 19.3. The number of aryl methyl sites for hydroxylation is 4. The van der Waals surface area contributed by atoms with Crippen molar-refractivity contribution in [3.05, 3.63) is 64.7 Å². The second-order valence-electron chi connectivity index (χ2n) is 14.2. The molecule has 3 N–H and O–H groups in total. The Balaban J connectivity index is -0.0000000545. The SMILES string of the molecule is C.C.C.C.C.C.C#CC#CC#CN=C=O.C1CO1.C1CO1.C=O.C=O.CCCF.CCNC(=O)C(F)(F)OC(F)(F)CC.CNC(=O)CF.COC(F)(F)COC(F)(F)COO.COCC1CO1.Cc1ccc(C)c(N=C=O)c1.Cc1ccc(C)cc1.O=C=O.[HH]. The summed E-state index contributed by atoms with van der Waals surface area (Å²) in [6.45, 7) is 17.5. The van der Waals surface area contributed by atoms with Gasteiger partial charge in [0, 0.05) is 47.5 Å². The van der Waals surface area contributed by atoms with Gasteiger partial charge in [0.05, 0.1) is 58.0 Å². The lowest BCUT2D eigenvalue weighted by atomic mass is 10.1. The molecule has 0 aliphatic carbocycles. The number of hydrogen-bond donors (Lipinski definition) is 3. The van der Waals surface area contributed by atoms with E-state index in [1.54, 1.807) is 19.4 Å². The number of terminal acetylenes is 1. The molecule has 0 spiro atoms. The van der Waals surface area contributed by atoms with Crippen molar-refractivity contribution >= 4 is 49.4 Å². The van der Waals surface area contributed by atoms with E-state index in [4.69, 9.17) is 40.3 Å². The number of epoxide rings is 3. The number of alkyl halides is 10. The molecule has 0 aromatic heterocycles. The standard InChI is InChI=1S/C9H9NO.C8H10.C7H11F4NO2.C7HNO.C5H8F4O4.C4H8O2.C3H6FNO.C3H7F.2C2H4O.CO2.2CH2O.6CH4.H2/c1-7-3-4-8(2)9(5-7)10-6-11;1-7-3-5-8(2)6-4-7;1-3-6(8,9)14-7(10,11)5(13)12-4-2;1-2-3-4-5-6-8-7-9;1-11-4(6,7)2-12-5(8,9)3-13-10;1-5-2-4-3-6-4;1-5-3(6)2-4;1-2-3-4;2*1-2-3-1;2-1-3;2*1-2;;;;;;;/h3-5H,1-2H3;3-6H,1-2H3;3-4H2,1-2H3,(H,12,13);1H;10H,2-3H2,1H3;4H,2-3H2,1H3;2H2,1H3,(H,5,6);2-3H2,1H3;2*1-2H2;;2*1H2;6*1H4;1H. The van der Waals surface area contributed by atoms with Crippen LogP contribution in [0.15, 0.2) is 52.4 Å². The fourth-order valence-corrected chi connectivity index (χ4v) is 3.02. The summed E-state index contributed by atoms with van der Waals surface area (Å²) in [6.07, 6.45) is -8.38. The summed E-state index contributed by atoms with van der Waals surface area (Å²) in [6, 6.07) is 16.3. The Morgan fingerprint density at radius 2 is 1.17 bits per heavy atom. The lowest BCUT2D eigenvalue weighted by molar-refractivity contribution is -0.365. The average molecular weight is 1330 g/mol. The lowest BCUT2D eigenvalue weighted by Gasteiger charge is -2.21. The predicted molar refractivity (Wildman–Crippen MR) is 325 cm³/mol. The third-order valence-corrected chi connectivity index (χ3v) is 7.13. The molecule has 5 rings (SSSR count). The molecule has 1 atom stereocenters. The Labute approximate surface area is 527 Å². The molecule has 3 saturated heterocycles. The number of benzene rings is 2. The minimum atomic E-state index is -4.50. The average Bonchev–Trinajstić information content (AvgIpc) is 4.27. The molecular weight excluding hydrogens is 1230 g/mol. The fourth-order valence-electron chi connectivity index (χ4n) is 3.02. The number of nitrogens with zero attached hydrogens (tertiary/aromatic N) is 2. The first-order valence-electron chi connectivity index (χ1n) is 23.4. The van der Waals surface area contributed by atoms with Gasteiger partial charge in [-0.15, -0.1) is 11.4 Å². The summed E-state index contributed by atoms with van der Waals surface area (Å²) in [7, 11) is 3.72. The van der Waals surface area contributed by atoms with Gasteiger partial charge in [-0.05, 0) is 70.1 Å². The number of methoxy groups -OCH3 is 2. The molecule has 0 saturated carbocycles. The molecule has 2 aromatic carbocycles. The number of hydrogen-bond acceptors (Lipinski definition) is 19. The van der Waals surface area contributed by atoms with Crippen molar-refractivity contribution in [2.75, 3.05) is 94.0 Å². The normalized spacial score (nSPS) is 10.9. The van der Waals surface area contributed by atoms with E-state index in [1.807, 2.05) is 51.5 Å². The van der Waals surface area contributed by atoms with Crippen molar-refractivity contribution in [3.8, 4) is 36.1 Å². The maximum atomic E-state index is 12.6. The monoisotopic (exact) mass is 1320 g/mol. The van der Waals surface area contributed by atoms with E-state index in [0.29, 0.717) is 25.3 Å². The van der Waals surface area contributed by atoms with Crippen molar-refractivity contribution in [2.45, 2.75) is 136 Å². The van der Waals surface area contributed by atoms with E-state index < -0.39 is 62.6 Å². The van der Waals surface area contributed by atoms with Crippen LogP contribution >= 0.6 is 0 Å². The van der Waals surface area contributed by atoms with Crippen LogP contribution in [0.4, 0.5) is 49.6 Å². The second-order valence-corrected chi connectivity index (χ2v) is 14.2. The largest absolute Gasteiger partial charge is 0.440 e. The number of aliphatic imine (C=N–C) groups is 2. The summed E-state index contributed by atoms with van der Waals surface area (Å²) in [5, 5.41) is 11.4. The van der Waals surface area contributed by atoms with Gasteiger partial charge in [0.2, 0.25) is 12.2 Å². The highest BCUT2D eigenvalue weighted by Crippen LogP contribution is 2.29. The fraction of sp³-hybridized carbons (Fsp3) is 0.576. The zero-order valence-electron chi connectivity index (χ0n) is 48.0. The van der Waals surface area contributed by atoms with Crippen LogP contribution in [0.3, 0.4) is 0 Å². The highest BCUT2D eigenvalue weighted by Gasteiger charge is 2.49. The minimum Gasteiger partial charge on any atom is -0.382 e. The quantitative estimate of drug-likeness (QED) is 0.0268. The zero-order valence-corrected chi connectivity index (χ0v) is 48.0. The van der Waals surface area contributed by atoms with E-state index in [2.05, 4.69) is 106 Å². The molecule has 526 valence electrons. The Morgan fingerprint density at radius 1 is 0.733 bits per heavy atom. The van der Waals surface area contributed by atoms with Gasteiger partial charge in [-0.2, -0.15) is 49.7 Å². The number of rotatable bonds is 16. The lowest BCUT2D eigenvalue weighted by Crippen LogP contribution is -2.45. The topological polar surface area (TPSA) is 289 Å². The third kappa shape index (κ3) is 105. The van der Waals surface area contributed by atoms with E-state index in [9.17, 15) is 63.1 Å². The van der Waals surface area contributed by atoms with Crippen LogP contribution in [0.1, 0.15) is 102 Å². The summed E-state index contributed by atoms with van der Waals surface area (Å²) < 4.78 is 149. The molecule has 90 heavy (non-hydrogen) atoms. The molecule has 3 fully saturated rings. The van der Waals surface area contributed by atoms with Crippen LogP contribution in [-0.2, 0) is 76.4 Å². The van der Waals surface area contributed by atoms with Gasteiger partial charge < -0.3 is 48.6 Å². The smallest absolute Gasteiger partial charge is 0.382 e. The zero-order chi connectivity index (χ0) is 66.9. The van der Waals surface area contributed by atoms with Crippen molar-refractivity contribution in [1.29, 1.82) is 0 Å². The number of halogens is 10. The first-order chi connectivity index (χ1) is 39.6. The van der Waals surface area contributed by atoms with Crippen LogP contribution in [-0.4, -0.2) is 174 Å². The van der Waals surface area contributed by atoms with Gasteiger partial charge in [-0.1, -0.05) is 106 Å². The van der Waals surface area contributed by atoms with Crippen LogP contribution in [0.25, 0.3) is 0 Å². The number of nitrogens with one attached hydrogen (secondary N) is 2. The van der Waals surface area contributed by atoms with Crippen LogP contribution in [0.5, 0.6) is 0 Å². The predicted octanol–water partition coefficient (Wildman–Crippen LogP) is 11.8. The summed E-state index contributed by atoms with van der Waals surface area (Å²) in [4.78, 5) is 81.3. The van der Waals surface area contributed by atoms with Crippen LogP contribution < -0.4 is 10.6 Å². The molecule has 1 unspecified atom stereocenters. The number of carbonyl (C=O) groups is 4. The molecule has 3 aliphatic rings. The molecule has 3 aliphatic heterocycles. The first kappa shape index (κ1) is 117. The molecule has 2 aromatic rings. The number of likely N-dealkylation sites (N-methyl/N-ethyl adjacent to an activating group) is 1. The Hall–Kier alpha value is -7.52. The molecule has 2 amide bonds. The van der Waals surface area contributed by atoms with Crippen molar-refractivity contribution in [1.82, 2.24) is 10.6 Å². The Morgan fingerprint density at radius 3 is 1.44 bits per heavy atom. The number of carbonyl (C=O) groups excluding carboxylic acids is 8. The molecule has 0 radical (unpaired) electrons. The summed E-state index contributed by atoms with van der Waals surface area (Å²) in [5.74, 6) is 6.28. The van der Waals surface area contributed by atoms with Gasteiger partial charge in [0.1, 0.15) is 26.3 Å². The van der Waals surface area contributed by atoms with Gasteiger partial charge >= 0.3 is 36.5 Å². The second kappa shape index (κ2) is 81.5. The van der Waals surface area contributed by atoms with Gasteiger partial charge in [-0.25, -0.2) is 23.6 Å². The highest BCUT2D eigenvalue weighted by molar-refractivity contribution is 5.81. The molecular formula is C59H98F10N4O17. The Kier molecular flexibility index (Phi) is 106. The maximum absolute atomic E-state index is 12.6. The van der Waals surface area contributed by atoms with E-state index >= 15 is 0 Å². The summed E-state index contributed by atoms with van der Waals surface area (Å²) in [5.41, 5.74) is 5.47. The number of amides is 2. The molecule has 3 heterocycles. The molecule has 21 nitrogen and oxygen atoms in total. The van der Waals surface area contributed by atoms with Crippen molar-refractivity contribution in [3.63, 3.8) is 0 Å². The Bertz CT molecular complexity index is 2220. The van der Waals surface area contributed by atoms with Crippen molar-refractivity contribution in [2.24, 2.45) is 9.98 Å².